The summed E-state index contributed by atoms with van der Waals surface area (Å²) >= 11 is 0. The number of anilines is 1. The van der Waals surface area contributed by atoms with Gasteiger partial charge < -0.3 is 5.11 Å². The first-order chi connectivity index (χ1) is 11.0. The zero-order chi connectivity index (χ0) is 16.4. The zero-order valence-electron chi connectivity index (χ0n) is 12.5. The quantitative estimate of drug-likeness (QED) is 0.772. The van der Waals surface area contributed by atoms with Crippen LogP contribution in [-0.4, -0.2) is 18.5 Å². The topological polar surface area (TPSA) is 79.3 Å². The Labute approximate surface area is 134 Å². The van der Waals surface area contributed by atoms with Gasteiger partial charge in [0.05, 0.1) is 22.7 Å². The van der Waals surface area contributed by atoms with Crippen LogP contribution >= 0.6 is 0 Å². The summed E-state index contributed by atoms with van der Waals surface area (Å²) in [7, 11) is -3.76. The Hall–Kier alpha value is -2.44. The lowest BCUT2D eigenvalue weighted by Crippen LogP contribution is -2.14. The molecule has 0 bridgehead atoms. The van der Waals surface area contributed by atoms with Crippen LogP contribution in [0.25, 0.3) is 10.9 Å². The highest BCUT2D eigenvalue weighted by Gasteiger charge is 2.18. The highest BCUT2D eigenvalue weighted by Crippen LogP contribution is 2.25. The van der Waals surface area contributed by atoms with Crippen molar-refractivity contribution in [3.63, 3.8) is 0 Å². The van der Waals surface area contributed by atoms with Crippen LogP contribution in [0.2, 0.25) is 0 Å². The first-order valence-electron chi connectivity index (χ1n) is 7.08. The van der Waals surface area contributed by atoms with Crippen molar-refractivity contribution in [1.29, 1.82) is 0 Å². The number of nitrogens with zero attached hydrogens (tertiary/aromatic N) is 1. The average Bonchev–Trinajstić information content (AvgIpc) is 2.56. The standard InChI is InChI=1S/C17H16N2O3S/c1-12-7-8-13(11-20)10-16(12)19-23(21,22)17-6-2-5-15-14(17)4-3-9-18-15/h2-10,19-20H,11H2,1H3. The lowest BCUT2D eigenvalue weighted by Gasteiger charge is -2.13. The Bertz CT molecular complexity index is 963. The number of aromatic nitrogens is 1. The van der Waals surface area contributed by atoms with Crippen molar-refractivity contribution in [3.8, 4) is 0 Å². The van der Waals surface area contributed by atoms with E-state index in [1.165, 1.54) is 0 Å². The molecule has 0 aliphatic rings. The molecule has 0 saturated carbocycles. The molecule has 0 aliphatic heterocycles. The third-order valence-electron chi connectivity index (χ3n) is 3.62. The van der Waals surface area contributed by atoms with Gasteiger partial charge in [-0.2, -0.15) is 0 Å². The van der Waals surface area contributed by atoms with Crippen LogP contribution in [0.4, 0.5) is 5.69 Å². The molecule has 1 aromatic heterocycles. The molecule has 23 heavy (non-hydrogen) atoms. The molecule has 5 nitrogen and oxygen atoms in total. The van der Waals surface area contributed by atoms with Crippen LogP contribution in [0.15, 0.2) is 59.6 Å². The summed E-state index contributed by atoms with van der Waals surface area (Å²) in [5, 5.41) is 9.79. The molecular formula is C17H16N2O3S. The molecular weight excluding hydrogens is 312 g/mol. The van der Waals surface area contributed by atoms with E-state index in [-0.39, 0.29) is 11.5 Å². The van der Waals surface area contributed by atoms with Gasteiger partial charge in [-0.25, -0.2) is 8.42 Å². The Morgan fingerprint density at radius 2 is 1.96 bits per heavy atom. The molecule has 3 rings (SSSR count). The Morgan fingerprint density at radius 1 is 1.13 bits per heavy atom. The minimum atomic E-state index is -3.76. The third kappa shape index (κ3) is 3.04. The molecule has 0 spiro atoms. The van der Waals surface area contributed by atoms with Gasteiger partial charge in [0.25, 0.3) is 10.0 Å². The van der Waals surface area contributed by atoms with E-state index in [1.807, 2.05) is 6.92 Å². The number of hydrogen-bond acceptors (Lipinski definition) is 4. The monoisotopic (exact) mass is 328 g/mol. The van der Waals surface area contributed by atoms with E-state index >= 15 is 0 Å². The maximum absolute atomic E-state index is 12.8. The van der Waals surface area contributed by atoms with E-state index in [2.05, 4.69) is 9.71 Å². The van der Waals surface area contributed by atoms with Crippen LogP contribution in [0.3, 0.4) is 0 Å². The molecule has 0 aliphatic carbocycles. The smallest absolute Gasteiger partial charge is 0.262 e. The largest absolute Gasteiger partial charge is 0.392 e. The number of rotatable bonds is 4. The molecule has 0 saturated heterocycles. The molecule has 3 aromatic rings. The second-order valence-electron chi connectivity index (χ2n) is 5.24. The molecule has 0 atom stereocenters. The third-order valence-corrected chi connectivity index (χ3v) is 5.05. The van der Waals surface area contributed by atoms with Gasteiger partial charge in [-0.15, -0.1) is 0 Å². The molecule has 0 radical (unpaired) electrons. The van der Waals surface area contributed by atoms with Gasteiger partial charge >= 0.3 is 0 Å². The molecule has 0 unspecified atom stereocenters. The second kappa shape index (κ2) is 5.98. The van der Waals surface area contributed by atoms with E-state index in [0.29, 0.717) is 22.2 Å². The van der Waals surface area contributed by atoms with Gasteiger partial charge in [0, 0.05) is 11.6 Å². The number of sulfonamides is 1. The van der Waals surface area contributed by atoms with Crippen LogP contribution in [0.1, 0.15) is 11.1 Å². The van der Waals surface area contributed by atoms with E-state index in [0.717, 1.165) is 5.56 Å². The number of fused-ring (bicyclic) bond motifs is 1. The number of benzene rings is 2. The van der Waals surface area contributed by atoms with Gasteiger partial charge in [0.1, 0.15) is 0 Å². The van der Waals surface area contributed by atoms with Crippen LogP contribution < -0.4 is 4.72 Å². The SMILES string of the molecule is Cc1ccc(CO)cc1NS(=O)(=O)c1cccc2ncccc12. The molecule has 2 N–H and O–H groups in total. The summed E-state index contributed by atoms with van der Waals surface area (Å²) in [6.07, 6.45) is 1.63. The van der Waals surface area contributed by atoms with E-state index in [1.54, 1.807) is 54.7 Å². The van der Waals surface area contributed by atoms with E-state index in [9.17, 15) is 13.5 Å². The minimum Gasteiger partial charge on any atom is -0.392 e. The summed E-state index contributed by atoms with van der Waals surface area (Å²) in [5.41, 5.74) is 2.51. The second-order valence-corrected chi connectivity index (χ2v) is 6.89. The van der Waals surface area contributed by atoms with Crippen molar-refractivity contribution in [2.45, 2.75) is 18.4 Å². The Balaban J connectivity index is 2.08. The fraction of sp³-hybridized carbons (Fsp3) is 0.118. The lowest BCUT2D eigenvalue weighted by molar-refractivity contribution is 0.282. The van der Waals surface area contributed by atoms with Gasteiger partial charge in [-0.1, -0.05) is 18.2 Å². The number of aliphatic hydroxyl groups is 1. The fourth-order valence-corrected chi connectivity index (χ4v) is 3.73. The number of pyridine rings is 1. The molecule has 2 aromatic carbocycles. The van der Waals surface area contributed by atoms with Crippen molar-refractivity contribution < 1.29 is 13.5 Å². The van der Waals surface area contributed by atoms with Gasteiger partial charge in [-0.05, 0) is 48.4 Å². The first kappa shape index (κ1) is 15.5. The zero-order valence-corrected chi connectivity index (χ0v) is 13.3. The summed E-state index contributed by atoms with van der Waals surface area (Å²) in [6.45, 7) is 1.66. The highest BCUT2D eigenvalue weighted by molar-refractivity contribution is 7.93. The molecule has 6 heteroatoms. The van der Waals surface area contributed by atoms with Crippen molar-refractivity contribution in [1.82, 2.24) is 4.98 Å². The number of nitrogens with one attached hydrogen (secondary N) is 1. The average molecular weight is 328 g/mol. The Morgan fingerprint density at radius 3 is 2.74 bits per heavy atom. The molecule has 0 fully saturated rings. The van der Waals surface area contributed by atoms with Gasteiger partial charge in [0.15, 0.2) is 0 Å². The predicted molar refractivity (Wildman–Crippen MR) is 89.7 cm³/mol. The van der Waals surface area contributed by atoms with Gasteiger partial charge in [0.2, 0.25) is 0 Å². The van der Waals surface area contributed by atoms with Crippen molar-refractivity contribution in [3.05, 3.63) is 65.9 Å². The van der Waals surface area contributed by atoms with Crippen molar-refractivity contribution in [2.75, 3.05) is 4.72 Å². The van der Waals surface area contributed by atoms with Gasteiger partial charge in [-0.3, -0.25) is 9.71 Å². The Kier molecular flexibility index (Phi) is 4.02. The van der Waals surface area contributed by atoms with Crippen molar-refractivity contribution in [2.24, 2.45) is 0 Å². The number of aryl methyl sites for hydroxylation is 1. The molecule has 1 heterocycles. The predicted octanol–water partition coefficient (Wildman–Crippen LogP) is 2.84. The van der Waals surface area contributed by atoms with E-state index in [4.69, 9.17) is 0 Å². The summed E-state index contributed by atoms with van der Waals surface area (Å²) in [4.78, 5) is 4.36. The lowest BCUT2D eigenvalue weighted by atomic mass is 10.1. The first-order valence-corrected chi connectivity index (χ1v) is 8.56. The highest BCUT2D eigenvalue weighted by atomic mass is 32.2. The van der Waals surface area contributed by atoms with Crippen LogP contribution in [-0.2, 0) is 16.6 Å². The normalized spacial score (nSPS) is 11.6. The summed E-state index contributed by atoms with van der Waals surface area (Å²) in [6, 6.07) is 13.6. The summed E-state index contributed by atoms with van der Waals surface area (Å²) < 4.78 is 28.1. The summed E-state index contributed by atoms with van der Waals surface area (Å²) in [5.74, 6) is 0. The maximum Gasteiger partial charge on any atom is 0.262 e. The fourth-order valence-electron chi connectivity index (χ4n) is 2.39. The minimum absolute atomic E-state index is 0.146. The van der Waals surface area contributed by atoms with E-state index < -0.39 is 10.0 Å². The molecule has 0 amide bonds. The maximum atomic E-state index is 12.8. The van der Waals surface area contributed by atoms with Crippen molar-refractivity contribution >= 4 is 26.6 Å². The van der Waals surface area contributed by atoms with Crippen LogP contribution in [0.5, 0.6) is 0 Å². The number of aliphatic hydroxyl groups excluding tert-OH is 1. The number of hydrogen-bond donors (Lipinski definition) is 2. The molecule has 118 valence electrons. The van der Waals surface area contributed by atoms with Crippen LogP contribution in [0, 0.1) is 6.92 Å².